The first-order valence-corrected chi connectivity index (χ1v) is 8.31. The maximum absolute atomic E-state index is 4.63. The molecule has 23 heavy (non-hydrogen) atoms. The molecule has 2 heteroatoms. The summed E-state index contributed by atoms with van der Waals surface area (Å²) in [5.74, 6) is 1.94. The number of aromatic nitrogens is 2. The highest BCUT2D eigenvalue weighted by Crippen LogP contribution is 2.33. The minimum absolute atomic E-state index is 0.467. The van der Waals surface area contributed by atoms with Gasteiger partial charge >= 0.3 is 0 Å². The van der Waals surface area contributed by atoms with Crippen LogP contribution in [0, 0.1) is 0 Å². The van der Waals surface area contributed by atoms with Crippen molar-refractivity contribution < 1.29 is 0 Å². The molecule has 0 aliphatic rings. The molecule has 3 rings (SSSR count). The van der Waals surface area contributed by atoms with Crippen LogP contribution >= 0.6 is 0 Å². The Morgan fingerprint density at radius 2 is 1.39 bits per heavy atom. The van der Waals surface area contributed by atoms with Gasteiger partial charge in [0.25, 0.3) is 0 Å². The van der Waals surface area contributed by atoms with Crippen LogP contribution in [-0.2, 0) is 0 Å². The number of hydrogen-bond acceptors (Lipinski definition) is 1. The van der Waals surface area contributed by atoms with Crippen LogP contribution in [0.3, 0.4) is 0 Å². The standard InChI is InChI=1S/C21H24N2/c1-15(2)18-11-8-12-19(16(3)4)20(18)23-14-13-22-21(23)17-9-6-5-7-10-17/h5-16H,1-4H3. The van der Waals surface area contributed by atoms with Crippen molar-refractivity contribution in [2.24, 2.45) is 0 Å². The highest BCUT2D eigenvalue weighted by Gasteiger charge is 2.18. The van der Waals surface area contributed by atoms with Gasteiger partial charge in [0, 0.05) is 18.0 Å². The Labute approximate surface area is 138 Å². The lowest BCUT2D eigenvalue weighted by Crippen LogP contribution is -2.07. The molecule has 0 atom stereocenters. The van der Waals surface area contributed by atoms with Crippen molar-refractivity contribution in [3.05, 3.63) is 72.1 Å². The van der Waals surface area contributed by atoms with Gasteiger partial charge in [0.1, 0.15) is 5.82 Å². The van der Waals surface area contributed by atoms with Crippen LogP contribution in [0.4, 0.5) is 0 Å². The molecule has 0 amide bonds. The zero-order valence-electron chi connectivity index (χ0n) is 14.3. The summed E-state index contributed by atoms with van der Waals surface area (Å²) in [4.78, 5) is 4.63. The molecule has 118 valence electrons. The summed E-state index contributed by atoms with van der Waals surface area (Å²) in [5, 5.41) is 0. The van der Waals surface area contributed by atoms with E-state index in [9.17, 15) is 0 Å². The topological polar surface area (TPSA) is 17.8 Å². The van der Waals surface area contributed by atoms with E-state index >= 15 is 0 Å². The molecule has 2 aromatic carbocycles. The average molecular weight is 304 g/mol. The SMILES string of the molecule is CC(C)c1cccc(C(C)C)c1-n1ccnc1-c1ccccc1. The van der Waals surface area contributed by atoms with Crippen molar-refractivity contribution in [3.63, 3.8) is 0 Å². The lowest BCUT2D eigenvalue weighted by molar-refractivity contribution is 0.807. The zero-order valence-corrected chi connectivity index (χ0v) is 14.3. The van der Waals surface area contributed by atoms with Gasteiger partial charge in [-0.1, -0.05) is 76.2 Å². The maximum atomic E-state index is 4.63. The van der Waals surface area contributed by atoms with Crippen LogP contribution in [0.5, 0.6) is 0 Å². The lowest BCUT2D eigenvalue weighted by atomic mass is 9.92. The van der Waals surface area contributed by atoms with Gasteiger partial charge in [-0.15, -0.1) is 0 Å². The predicted molar refractivity (Wildman–Crippen MR) is 97.2 cm³/mol. The molecule has 0 aliphatic heterocycles. The molecule has 0 N–H and O–H groups in total. The molecule has 1 aromatic heterocycles. The first-order chi connectivity index (χ1) is 11.1. The highest BCUT2D eigenvalue weighted by molar-refractivity contribution is 5.62. The Hall–Kier alpha value is -2.35. The molecule has 0 radical (unpaired) electrons. The molecule has 0 fully saturated rings. The third-order valence-corrected chi connectivity index (χ3v) is 4.26. The molecule has 0 saturated carbocycles. The first kappa shape index (κ1) is 15.5. The number of benzene rings is 2. The summed E-state index contributed by atoms with van der Waals surface area (Å²) in [7, 11) is 0. The molecule has 0 spiro atoms. The minimum Gasteiger partial charge on any atom is -0.299 e. The van der Waals surface area contributed by atoms with Crippen LogP contribution < -0.4 is 0 Å². The second kappa shape index (κ2) is 6.41. The summed E-state index contributed by atoms with van der Waals surface area (Å²) < 4.78 is 2.25. The largest absolute Gasteiger partial charge is 0.299 e. The second-order valence-corrected chi connectivity index (χ2v) is 6.58. The predicted octanol–water partition coefficient (Wildman–Crippen LogP) is 5.79. The summed E-state index contributed by atoms with van der Waals surface area (Å²) >= 11 is 0. The number of para-hydroxylation sites is 1. The molecule has 0 bridgehead atoms. The van der Waals surface area contributed by atoms with E-state index in [1.165, 1.54) is 16.8 Å². The lowest BCUT2D eigenvalue weighted by Gasteiger charge is -2.21. The van der Waals surface area contributed by atoms with Crippen molar-refractivity contribution >= 4 is 0 Å². The number of imidazole rings is 1. The van der Waals surface area contributed by atoms with E-state index in [4.69, 9.17) is 0 Å². The van der Waals surface area contributed by atoms with Crippen molar-refractivity contribution in [3.8, 4) is 17.1 Å². The fourth-order valence-electron chi connectivity index (χ4n) is 3.07. The Morgan fingerprint density at radius 1 is 0.783 bits per heavy atom. The smallest absolute Gasteiger partial charge is 0.144 e. The summed E-state index contributed by atoms with van der Waals surface area (Å²) in [6.07, 6.45) is 3.97. The highest BCUT2D eigenvalue weighted by atomic mass is 15.1. The average Bonchev–Trinajstić information content (AvgIpc) is 3.04. The normalized spacial score (nSPS) is 11.4. The van der Waals surface area contributed by atoms with Crippen LogP contribution in [-0.4, -0.2) is 9.55 Å². The van der Waals surface area contributed by atoms with Gasteiger partial charge in [-0.05, 0) is 23.0 Å². The maximum Gasteiger partial charge on any atom is 0.144 e. The molecule has 3 aromatic rings. The molecular weight excluding hydrogens is 280 g/mol. The van der Waals surface area contributed by atoms with E-state index < -0.39 is 0 Å². The fourth-order valence-corrected chi connectivity index (χ4v) is 3.07. The molecule has 2 nitrogen and oxygen atoms in total. The van der Waals surface area contributed by atoms with Crippen LogP contribution in [0.15, 0.2) is 60.9 Å². The fraction of sp³-hybridized carbons (Fsp3) is 0.286. The summed E-state index contributed by atoms with van der Waals surface area (Å²) in [6, 6.07) is 17.0. The molecule has 0 aliphatic carbocycles. The number of nitrogens with zero attached hydrogens (tertiary/aromatic N) is 2. The Balaban J connectivity index is 2.26. The van der Waals surface area contributed by atoms with E-state index in [0.717, 1.165) is 11.4 Å². The van der Waals surface area contributed by atoms with Gasteiger partial charge in [-0.2, -0.15) is 0 Å². The Kier molecular flexibility index (Phi) is 4.33. The van der Waals surface area contributed by atoms with Crippen LogP contribution in [0.25, 0.3) is 17.1 Å². The number of rotatable bonds is 4. The van der Waals surface area contributed by atoms with E-state index in [1.807, 2.05) is 12.3 Å². The van der Waals surface area contributed by atoms with Crippen molar-refractivity contribution in [1.82, 2.24) is 9.55 Å². The van der Waals surface area contributed by atoms with Crippen molar-refractivity contribution in [2.45, 2.75) is 39.5 Å². The van der Waals surface area contributed by atoms with E-state index in [-0.39, 0.29) is 0 Å². The van der Waals surface area contributed by atoms with E-state index in [1.54, 1.807) is 0 Å². The van der Waals surface area contributed by atoms with Gasteiger partial charge in [0.2, 0.25) is 0 Å². The van der Waals surface area contributed by atoms with Crippen molar-refractivity contribution in [2.75, 3.05) is 0 Å². The Morgan fingerprint density at radius 3 is 1.96 bits per heavy atom. The zero-order chi connectivity index (χ0) is 16.4. The van der Waals surface area contributed by atoms with Crippen molar-refractivity contribution in [1.29, 1.82) is 0 Å². The monoisotopic (exact) mass is 304 g/mol. The van der Waals surface area contributed by atoms with Gasteiger partial charge in [0.05, 0.1) is 5.69 Å². The summed E-state index contributed by atoms with van der Waals surface area (Å²) in [6.45, 7) is 9.01. The third kappa shape index (κ3) is 2.94. The van der Waals surface area contributed by atoms with Crippen LogP contribution in [0.2, 0.25) is 0 Å². The molecule has 0 saturated heterocycles. The van der Waals surface area contributed by atoms with Gasteiger partial charge in [-0.3, -0.25) is 4.57 Å². The third-order valence-electron chi connectivity index (χ3n) is 4.26. The van der Waals surface area contributed by atoms with E-state index in [2.05, 4.69) is 85.9 Å². The quantitative estimate of drug-likeness (QED) is 0.597. The second-order valence-electron chi connectivity index (χ2n) is 6.58. The number of hydrogen-bond donors (Lipinski definition) is 0. The molecule has 0 unspecified atom stereocenters. The van der Waals surface area contributed by atoms with Gasteiger partial charge in [-0.25, -0.2) is 4.98 Å². The Bertz CT molecular complexity index is 756. The van der Waals surface area contributed by atoms with Gasteiger partial charge < -0.3 is 0 Å². The first-order valence-electron chi connectivity index (χ1n) is 8.31. The van der Waals surface area contributed by atoms with Gasteiger partial charge in [0.15, 0.2) is 0 Å². The van der Waals surface area contributed by atoms with Crippen LogP contribution in [0.1, 0.15) is 50.7 Å². The molecular formula is C21H24N2. The minimum atomic E-state index is 0.467. The van der Waals surface area contributed by atoms with E-state index in [0.29, 0.717) is 11.8 Å². The summed E-state index contributed by atoms with van der Waals surface area (Å²) in [5.41, 5.74) is 5.16. The molecule has 1 heterocycles.